The maximum atomic E-state index is 16.2. The molecule has 5 rings (SSSR count). The molecule has 0 saturated heterocycles. The number of benzene rings is 3. The van der Waals surface area contributed by atoms with E-state index in [9.17, 15) is 28.0 Å². The minimum Gasteiger partial charge on any atom is -0.277 e. The van der Waals surface area contributed by atoms with E-state index in [1.165, 1.54) is 7.05 Å². The molecule has 3 aromatic rings. The molecule has 176 valence electrons. The minimum atomic E-state index is -3.58. The Bertz CT molecular complexity index is 1450. The molecular formula is C26H17F3N2O4. The molecule has 35 heavy (non-hydrogen) atoms. The van der Waals surface area contributed by atoms with E-state index in [0.717, 1.165) is 51.8 Å². The average molecular weight is 478 g/mol. The predicted molar refractivity (Wildman–Crippen MR) is 120 cm³/mol. The molecule has 1 unspecified atom stereocenters. The highest BCUT2D eigenvalue weighted by Gasteiger charge is 2.47. The molecule has 0 spiro atoms. The zero-order valence-electron chi connectivity index (χ0n) is 18.5. The molecule has 3 aromatic carbocycles. The van der Waals surface area contributed by atoms with Crippen LogP contribution in [0.15, 0.2) is 60.7 Å². The van der Waals surface area contributed by atoms with Gasteiger partial charge in [-0.1, -0.05) is 29.8 Å². The van der Waals surface area contributed by atoms with Crippen LogP contribution in [0.5, 0.6) is 0 Å². The molecule has 1 atom stereocenters. The monoisotopic (exact) mass is 478 g/mol. The standard InChI is InChI=1S/C26H17F3N2O4/c1-13-3-7-16(8-4-13)31-23(34)18-10-6-15(12-20(18)24(31)35)26(29,25(27)28)14-5-9-17-19(11-14)22(33)30(2)21(17)32/h3-12,25H,1-2H3. The summed E-state index contributed by atoms with van der Waals surface area (Å²) < 4.78 is 44.7. The number of aryl methyl sites for hydroxylation is 1. The molecule has 0 N–H and O–H groups in total. The van der Waals surface area contributed by atoms with Crippen molar-refractivity contribution in [2.75, 3.05) is 11.9 Å². The molecular weight excluding hydrogens is 461 g/mol. The van der Waals surface area contributed by atoms with Crippen LogP contribution in [0.25, 0.3) is 0 Å². The van der Waals surface area contributed by atoms with Gasteiger partial charge in [0.2, 0.25) is 5.67 Å². The Morgan fingerprint density at radius 3 is 1.69 bits per heavy atom. The Morgan fingerprint density at radius 2 is 1.14 bits per heavy atom. The third-order valence-electron chi connectivity index (χ3n) is 6.41. The number of fused-ring (bicyclic) bond motifs is 2. The number of carbonyl (C=O) groups excluding carboxylic acids is 4. The van der Waals surface area contributed by atoms with Gasteiger partial charge in [-0.15, -0.1) is 0 Å². The summed E-state index contributed by atoms with van der Waals surface area (Å²) in [7, 11) is 1.24. The fourth-order valence-corrected chi connectivity index (χ4v) is 4.40. The van der Waals surface area contributed by atoms with Gasteiger partial charge in [-0.25, -0.2) is 18.1 Å². The lowest BCUT2D eigenvalue weighted by Crippen LogP contribution is -2.31. The van der Waals surface area contributed by atoms with Crippen LogP contribution < -0.4 is 4.90 Å². The first-order valence-electron chi connectivity index (χ1n) is 10.6. The van der Waals surface area contributed by atoms with E-state index < -0.39 is 46.8 Å². The van der Waals surface area contributed by atoms with Crippen molar-refractivity contribution >= 4 is 29.3 Å². The van der Waals surface area contributed by atoms with Gasteiger partial charge in [0.15, 0.2) is 0 Å². The molecule has 2 aliphatic heterocycles. The fourth-order valence-electron chi connectivity index (χ4n) is 4.40. The number of alkyl halides is 3. The summed E-state index contributed by atoms with van der Waals surface area (Å²) >= 11 is 0. The predicted octanol–water partition coefficient (Wildman–Crippen LogP) is 4.50. The second-order valence-electron chi connectivity index (χ2n) is 8.48. The Morgan fingerprint density at radius 1 is 0.686 bits per heavy atom. The van der Waals surface area contributed by atoms with Gasteiger partial charge in [-0.05, 0) is 43.3 Å². The van der Waals surface area contributed by atoms with E-state index in [4.69, 9.17) is 0 Å². The smallest absolute Gasteiger partial charge is 0.277 e. The highest BCUT2D eigenvalue weighted by atomic mass is 19.3. The topological polar surface area (TPSA) is 74.8 Å². The van der Waals surface area contributed by atoms with E-state index in [0.29, 0.717) is 5.69 Å². The van der Waals surface area contributed by atoms with Crippen LogP contribution in [-0.4, -0.2) is 42.0 Å². The SMILES string of the molecule is Cc1ccc(N2C(=O)c3ccc(C(F)(c4ccc5c(c4)C(=O)N(C)C5=O)C(F)F)cc3C2=O)cc1. The van der Waals surface area contributed by atoms with Crippen molar-refractivity contribution in [1.82, 2.24) is 4.90 Å². The average Bonchev–Trinajstić information content (AvgIpc) is 3.23. The van der Waals surface area contributed by atoms with Crippen LogP contribution in [-0.2, 0) is 5.67 Å². The molecule has 0 radical (unpaired) electrons. The number of hydrogen-bond donors (Lipinski definition) is 0. The molecule has 2 aliphatic rings. The number of carbonyl (C=O) groups is 4. The van der Waals surface area contributed by atoms with Crippen molar-refractivity contribution in [1.29, 1.82) is 0 Å². The zero-order chi connectivity index (χ0) is 25.2. The van der Waals surface area contributed by atoms with Gasteiger partial charge in [-0.3, -0.25) is 24.1 Å². The number of imide groups is 2. The summed E-state index contributed by atoms with van der Waals surface area (Å²) in [5.74, 6) is -2.75. The Labute approximate surface area is 197 Å². The number of hydrogen-bond acceptors (Lipinski definition) is 4. The molecule has 6 nitrogen and oxygen atoms in total. The fraction of sp³-hybridized carbons (Fsp3) is 0.154. The quantitative estimate of drug-likeness (QED) is 0.518. The third kappa shape index (κ3) is 3.11. The van der Waals surface area contributed by atoms with Gasteiger partial charge < -0.3 is 0 Å². The van der Waals surface area contributed by atoms with Gasteiger partial charge in [-0.2, -0.15) is 0 Å². The number of halogens is 3. The number of anilines is 1. The van der Waals surface area contributed by atoms with E-state index in [1.54, 1.807) is 24.3 Å². The summed E-state index contributed by atoms with van der Waals surface area (Å²) in [4.78, 5) is 52.1. The largest absolute Gasteiger partial charge is 0.280 e. The van der Waals surface area contributed by atoms with Crippen molar-refractivity contribution in [3.8, 4) is 0 Å². The Hall–Kier alpha value is -4.27. The summed E-state index contributed by atoms with van der Waals surface area (Å²) in [6.45, 7) is 1.84. The molecule has 4 amide bonds. The Balaban J connectivity index is 1.60. The van der Waals surface area contributed by atoms with Crippen molar-refractivity contribution in [3.05, 3.63) is 99.6 Å². The van der Waals surface area contributed by atoms with E-state index in [2.05, 4.69) is 0 Å². The highest BCUT2D eigenvalue weighted by Crippen LogP contribution is 2.43. The summed E-state index contributed by atoms with van der Waals surface area (Å²) in [6.07, 6.45) is -3.58. The van der Waals surface area contributed by atoms with Crippen LogP contribution in [0.2, 0.25) is 0 Å². The van der Waals surface area contributed by atoms with Crippen LogP contribution in [0, 0.1) is 6.92 Å². The first-order chi connectivity index (χ1) is 16.6. The molecule has 0 aromatic heterocycles. The lowest BCUT2D eigenvalue weighted by atomic mass is 9.85. The van der Waals surface area contributed by atoms with Crippen LogP contribution in [0.1, 0.15) is 58.1 Å². The number of amides is 4. The second kappa shape index (κ2) is 7.63. The number of rotatable bonds is 4. The van der Waals surface area contributed by atoms with Crippen molar-refractivity contribution in [2.24, 2.45) is 0 Å². The molecule has 0 aliphatic carbocycles. The summed E-state index contributed by atoms with van der Waals surface area (Å²) in [5.41, 5.74) is -3.73. The summed E-state index contributed by atoms with van der Waals surface area (Å²) in [6, 6.07) is 12.8. The van der Waals surface area contributed by atoms with Crippen molar-refractivity contribution in [2.45, 2.75) is 19.0 Å². The first-order valence-corrected chi connectivity index (χ1v) is 10.6. The normalized spacial score (nSPS) is 16.7. The zero-order valence-corrected chi connectivity index (χ0v) is 18.5. The van der Waals surface area contributed by atoms with E-state index in [-0.39, 0.29) is 22.3 Å². The maximum Gasteiger partial charge on any atom is 0.280 e. The molecule has 0 bridgehead atoms. The lowest BCUT2D eigenvalue weighted by Gasteiger charge is -2.26. The summed E-state index contributed by atoms with van der Waals surface area (Å²) in [5, 5.41) is 0. The van der Waals surface area contributed by atoms with Gasteiger partial charge >= 0.3 is 0 Å². The van der Waals surface area contributed by atoms with Gasteiger partial charge in [0.1, 0.15) is 0 Å². The lowest BCUT2D eigenvalue weighted by molar-refractivity contribution is -0.0102. The molecule has 9 heteroatoms. The highest BCUT2D eigenvalue weighted by molar-refractivity contribution is 6.34. The van der Waals surface area contributed by atoms with Crippen molar-refractivity contribution in [3.63, 3.8) is 0 Å². The van der Waals surface area contributed by atoms with Gasteiger partial charge in [0.25, 0.3) is 30.1 Å². The van der Waals surface area contributed by atoms with Gasteiger partial charge in [0.05, 0.1) is 27.9 Å². The van der Waals surface area contributed by atoms with Crippen LogP contribution >= 0.6 is 0 Å². The number of nitrogens with zero attached hydrogens (tertiary/aromatic N) is 2. The second-order valence-corrected chi connectivity index (χ2v) is 8.48. The Kier molecular flexibility index (Phi) is 4.91. The third-order valence-corrected chi connectivity index (χ3v) is 6.41. The van der Waals surface area contributed by atoms with Crippen LogP contribution in [0.4, 0.5) is 18.9 Å². The van der Waals surface area contributed by atoms with E-state index >= 15 is 4.39 Å². The van der Waals surface area contributed by atoms with Gasteiger partial charge in [0, 0.05) is 18.2 Å². The van der Waals surface area contributed by atoms with Crippen molar-refractivity contribution < 1.29 is 32.3 Å². The van der Waals surface area contributed by atoms with Crippen LogP contribution in [0.3, 0.4) is 0 Å². The molecule has 0 fully saturated rings. The minimum absolute atomic E-state index is 0.0127. The van der Waals surface area contributed by atoms with E-state index in [1.807, 2.05) is 6.92 Å². The first kappa shape index (κ1) is 22.5. The molecule has 2 heterocycles. The maximum absolute atomic E-state index is 16.2. The molecule has 0 saturated carbocycles.